The fraction of sp³-hybridized carbons (Fsp3) is 0.318. The molecular weight excluding hydrogens is 388 g/mol. The van der Waals surface area contributed by atoms with Crippen molar-refractivity contribution in [3.8, 4) is 0 Å². The Hall–Kier alpha value is -2.80. The lowest BCUT2D eigenvalue weighted by molar-refractivity contribution is -0.150. The summed E-state index contributed by atoms with van der Waals surface area (Å²) >= 11 is 1.14. The number of carbonyl (C=O) groups excluding carboxylic acids is 2. The van der Waals surface area contributed by atoms with E-state index in [0.717, 1.165) is 34.1 Å². The largest absolute Gasteiger partial charge is 0.452 e. The number of benzene rings is 2. The third-order valence-electron chi connectivity index (χ3n) is 4.44. The van der Waals surface area contributed by atoms with Crippen LogP contribution in [0.2, 0.25) is 0 Å². The number of carbonyl (C=O) groups is 2. The number of amides is 1. The van der Waals surface area contributed by atoms with Gasteiger partial charge in [0.1, 0.15) is 11.3 Å². The van der Waals surface area contributed by atoms with Crippen LogP contribution >= 0.6 is 11.8 Å². The summed E-state index contributed by atoms with van der Waals surface area (Å²) in [6, 6.07) is 13.3. The van der Waals surface area contributed by atoms with Crippen LogP contribution in [0.3, 0.4) is 0 Å². The van der Waals surface area contributed by atoms with Crippen molar-refractivity contribution in [1.29, 1.82) is 0 Å². The van der Waals surface area contributed by atoms with Crippen LogP contribution in [0.4, 0.5) is 5.69 Å². The number of nitrogens with zero attached hydrogens (tertiary/aromatic N) is 1. The number of aryl methyl sites for hydroxylation is 1. The van der Waals surface area contributed by atoms with Gasteiger partial charge in [-0.25, -0.2) is 4.98 Å². The number of oxazole rings is 1. The molecule has 1 atom stereocenters. The standard InChI is InChI=1S/C22H24N2O4S/c1-13(2)16-9-7-8-14(3)20(16)24-21(26)15(4)27-19(25)12-29-22-23-17-10-5-6-11-18(17)28-22/h5-11,13,15H,12H2,1-4H3,(H,24,26). The summed E-state index contributed by atoms with van der Waals surface area (Å²) in [6.07, 6.45) is -0.911. The highest BCUT2D eigenvalue weighted by atomic mass is 32.2. The normalized spacial score (nSPS) is 12.2. The Kier molecular flexibility index (Phi) is 6.59. The zero-order valence-electron chi connectivity index (χ0n) is 16.9. The van der Waals surface area contributed by atoms with Crippen molar-refractivity contribution in [3.63, 3.8) is 0 Å². The highest BCUT2D eigenvalue weighted by Gasteiger charge is 2.21. The van der Waals surface area contributed by atoms with Crippen molar-refractivity contribution >= 4 is 40.4 Å². The Morgan fingerprint density at radius 3 is 2.62 bits per heavy atom. The summed E-state index contributed by atoms with van der Waals surface area (Å²) in [5.41, 5.74) is 4.18. The molecule has 0 aliphatic carbocycles. The molecule has 152 valence electrons. The highest BCUT2D eigenvalue weighted by molar-refractivity contribution is 7.99. The molecule has 0 radical (unpaired) electrons. The van der Waals surface area contributed by atoms with Gasteiger partial charge in [0.25, 0.3) is 11.1 Å². The first kappa shape index (κ1) is 20.9. The maximum atomic E-state index is 12.5. The van der Waals surface area contributed by atoms with Crippen LogP contribution in [-0.2, 0) is 14.3 Å². The van der Waals surface area contributed by atoms with Crippen molar-refractivity contribution in [2.24, 2.45) is 0 Å². The summed E-state index contributed by atoms with van der Waals surface area (Å²) < 4.78 is 10.8. The van der Waals surface area contributed by atoms with Crippen molar-refractivity contribution in [2.45, 2.75) is 44.9 Å². The fourth-order valence-corrected chi connectivity index (χ4v) is 3.51. The van der Waals surface area contributed by atoms with Gasteiger partial charge < -0.3 is 14.5 Å². The van der Waals surface area contributed by atoms with Gasteiger partial charge in [0, 0.05) is 5.69 Å². The molecule has 0 saturated heterocycles. The summed E-state index contributed by atoms with van der Waals surface area (Å²) in [4.78, 5) is 29.0. The zero-order valence-corrected chi connectivity index (χ0v) is 17.7. The van der Waals surface area contributed by atoms with Gasteiger partial charge in [0.2, 0.25) is 0 Å². The zero-order chi connectivity index (χ0) is 21.0. The number of thioether (sulfide) groups is 1. The number of fused-ring (bicyclic) bond motifs is 1. The number of esters is 1. The third-order valence-corrected chi connectivity index (χ3v) is 5.24. The van der Waals surface area contributed by atoms with Crippen LogP contribution in [0.25, 0.3) is 11.1 Å². The molecule has 29 heavy (non-hydrogen) atoms. The molecule has 1 amide bonds. The van der Waals surface area contributed by atoms with Crippen molar-refractivity contribution in [1.82, 2.24) is 4.98 Å². The number of anilines is 1. The second-order valence-corrected chi connectivity index (χ2v) is 7.98. The Bertz CT molecular complexity index is 996. The lowest BCUT2D eigenvalue weighted by Gasteiger charge is -2.19. The lowest BCUT2D eigenvalue weighted by atomic mass is 9.98. The van der Waals surface area contributed by atoms with Crippen molar-refractivity contribution < 1.29 is 18.7 Å². The molecule has 1 heterocycles. The SMILES string of the molecule is Cc1cccc(C(C)C)c1NC(=O)C(C)OC(=O)CSc1nc2ccccc2o1. The lowest BCUT2D eigenvalue weighted by Crippen LogP contribution is -2.31. The Morgan fingerprint density at radius 1 is 1.14 bits per heavy atom. The number of para-hydroxylation sites is 3. The van der Waals surface area contributed by atoms with Crippen LogP contribution < -0.4 is 5.32 Å². The number of hydrogen-bond donors (Lipinski definition) is 1. The van der Waals surface area contributed by atoms with E-state index in [0.29, 0.717) is 10.8 Å². The van der Waals surface area contributed by atoms with Gasteiger partial charge in [0.15, 0.2) is 11.7 Å². The third kappa shape index (κ3) is 5.17. The van der Waals surface area contributed by atoms with Gasteiger partial charge >= 0.3 is 5.97 Å². The van der Waals surface area contributed by atoms with Crippen LogP contribution in [0.15, 0.2) is 52.1 Å². The Morgan fingerprint density at radius 2 is 1.90 bits per heavy atom. The number of ether oxygens (including phenoxy) is 1. The number of hydrogen-bond acceptors (Lipinski definition) is 6. The molecule has 3 rings (SSSR count). The van der Waals surface area contributed by atoms with Crippen LogP contribution in [-0.4, -0.2) is 28.7 Å². The molecule has 0 saturated carbocycles. The summed E-state index contributed by atoms with van der Waals surface area (Å²) in [6.45, 7) is 7.63. The number of rotatable bonds is 7. The molecule has 0 spiro atoms. The maximum Gasteiger partial charge on any atom is 0.317 e. The molecule has 0 aliphatic heterocycles. The minimum Gasteiger partial charge on any atom is -0.452 e. The Labute approximate surface area is 174 Å². The summed E-state index contributed by atoms with van der Waals surface area (Å²) in [5, 5.41) is 3.29. The van der Waals surface area contributed by atoms with E-state index in [-0.39, 0.29) is 17.6 Å². The molecular formula is C22H24N2O4S. The highest BCUT2D eigenvalue weighted by Crippen LogP contribution is 2.28. The molecule has 6 nitrogen and oxygen atoms in total. The molecule has 1 N–H and O–H groups in total. The monoisotopic (exact) mass is 412 g/mol. The summed E-state index contributed by atoms with van der Waals surface area (Å²) in [5.74, 6) is -0.600. The smallest absolute Gasteiger partial charge is 0.317 e. The molecule has 0 bridgehead atoms. The predicted molar refractivity (Wildman–Crippen MR) is 114 cm³/mol. The first-order valence-corrected chi connectivity index (χ1v) is 10.4. The van der Waals surface area contributed by atoms with E-state index in [2.05, 4.69) is 24.1 Å². The molecule has 1 unspecified atom stereocenters. The second-order valence-electron chi connectivity index (χ2n) is 7.05. The average Bonchev–Trinajstić information content (AvgIpc) is 3.10. The minimum atomic E-state index is -0.911. The van der Waals surface area contributed by atoms with Crippen LogP contribution in [0.1, 0.15) is 37.8 Å². The molecule has 7 heteroatoms. The van der Waals surface area contributed by atoms with E-state index < -0.39 is 12.1 Å². The molecule has 2 aromatic carbocycles. The van der Waals surface area contributed by atoms with E-state index in [1.54, 1.807) is 6.92 Å². The number of aromatic nitrogens is 1. The first-order chi connectivity index (χ1) is 13.8. The van der Waals surface area contributed by atoms with Crippen molar-refractivity contribution in [3.05, 3.63) is 53.6 Å². The van der Waals surface area contributed by atoms with Gasteiger partial charge in [-0.15, -0.1) is 0 Å². The minimum absolute atomic E-state index is 0.00600. The quantitative estimate of drug-likeness (QED) is 0.438. The number of nitrogens with one attached hydrogen (secondary N) is 1. The topological polar surface area (TPSA) is 81.4 Å². The van der Waals surface area contributed by atoms with E-state index >= 15 is 0 Å². The van der Waals surface area contributed by atoms with E-state index in [1.165, 1.54) is 0 Å². The first-order valence-electron chi connectivity index (χ1n) is 9.43. The van der Waals surface area contributed by atoms with E-state index in [1.807, 2.05) is 49.4 Å². The van der Waals surface area contributed by atoms with Crippen LogP contribution in [0.5, 0.6) is 0 Å². The van der Waals surface area contributed by atoms with Gasteiger partial charge in [-0.05, 0) is 43.0 Å². The average molecular weight is 413 g/mol. The molecule has 3 aromatic rings. The maximum absolute atomic E-state index is 12.5. The van der Waals surface area contributed by atoms with E-state index in [4.69, 9.17) is 9.15 Å². The van der Waals surface area contributed by atoms with Gasteiger partial charge in [-0.2, -0.15) is 0 Å². The second kappa shape index (κ2) is 9.13. The van der Waals surface area contributed by atoms with E-state index in [9.17, 15) is 9.59 Å². The predicted octanol–water partition coefficient (Wildman–Crippen LogP) is 4.92. The molecule has 1 aromatic heterocycles. The van der Waals surface area contributed by atoms with Gasteiger partial charge in [0.05, 0.1) is 0 Å². The van der Waals surface area contributed by atoms with Gasteiger partial charge in [-0.3, -0.25) is 9.59 Å². The van der Waals surface area contributed by atoms with Crippen molar-refractivity contribution in [2.75, 3.05) is 11.1 Å². The molecule has 0 aliphatic rings. The molecule has 0 fully saturated rings. The Balaban J connectivity index is 1.56. The fourth-order valence-electron chi connectivity index (χ4n) is 2.89. The van der Waals surface area contributed by atoms with Crippen LogP contribution in [0, 0.1) is 6.92 Å². The summed E-state index contributed by atoms with van der Waals surface area (Å²) in [7, 11) is 0. The van der Waals surface area contributed by atoms with Gasteiger partial charge in [-0.1, -0.05) is 55.9 Å².